The van der Waals surface area contributed by atoms with Gasteiger partial charge in [-0.05, 0) is 38.7 Å². The number of hydrogen-bond donors (Lipinski definition) is 0. The first-order chi connectivity index (χ1) is 13.6. The highest BCUT2D eigenvalue weighted by Gasteiger charge is 2.43. The molecule has 0 bridgehead atoms. The summed E-state index contributed by atoms with van der Waals surface area (Å²) in [5.74, 6) is 1.33. The fourth-order valence-corrected chi connectivity index (χ4v) is 4.97. The van der Waals surface area contributed by atoms with Crippen LogP contribution in [-0.4, -0.2) is 37.2 Å². The summed E-state index contributed by atoms with van der Waals surface area (Å²) < 4.78 is 11.0. The van der Waals surface area contributed by atoms with Gasteiger partial charge in [-0.3, -0.25) is 9.59 Å². The third kappa shape index (κ3) is 2.84. The van der Waals surface area contributed by atoms with Crippen LogP contribution in [0, 0.1) is 0 Å². The van der Waals surface area contributed by atoms with Crippen LogP contribution < -0.4 is 9.47 Å². The molecule has 0 saturated heterocycles. The molecule has 0 atom stereocenters. The molecule has 0 amide bonds. The molecule has 2 aliphatic carbocycles. The van der Waals surface area contributed by atoms with E-state index in [0.29, 0.717) is 24.3 Å². The maximum Gasteiger partial charge on any atom is 0.161 e. The molecule has 0 unspecified atom stereocenters. The standard InChI is InChI=1S/C23H27NO4/c1-4-24-16-7-5-9-18(25)22(16)21(23-17(24)8-6-10-19(23)26)15-12-11-14(27-2)13-20(15)28-3/h11-13,21H,4-10H2,1-3H3. The number of carbonyl (C=O) groups is 2. The van der Waals surface area contributed by atoms with E-state index in [4.69, 9.17) is 9.47 Å². The fraction of sp³-hybridized carbons (Fsp3) is 0.478. The Morgan fingerprint density at radius 1 is 0.929 bits per heavy atom. The Balaban J connectivity index is 1.98. The lowest BCUT2D eigenvalue weighted by atomic mass is 9.70. The average molecular weight is 381 g/mol. The fourth-order valence-electron chi connectivity index (χ4n) is 4.97. The quantitative estimate of drug-likeness (QED) is 0.785. The van der Waals surface area contributed by atoms with E-state index in [1.807, 2.05) is 18.2 Å². The van der Waals surface area contributed by atoms with Gasteiger partial charge in [0.2, 0.25) is 0 Å². The van der Waals surface area contributed by atoms with Crippen LogP contribution in [0.3, 0.4) is 0 Å². The monoisotopic (exact) mass is 381 g/mol. The Labute approximate surface area is 166 Å². The molecule has 28 heavy (non-hydrogen) atoms. The third-order valence-electron chi connectivity index (χ3n) is 6.15. The van der Waals surface area contributed by atoms with E-state index in [1.54, 1.807) is 14.2 Å². The highest BCUT2D eigenvalue weighted by atomic mass is 16.5. The lowest BCUT2D eigenvalue weighted by Gasteiger charge is -2.43. The molecule has 5 heteroatoms. The molecule has 1 aromatic carbocycles. The first-order valence-electron chi connectivity index (χ1n) is 10.1. The summed E-state index contributed by atoms with van der Waals surface area (Å²) in [7, 11) is 3.24. The Hall–Kier alpha value is -2.56. The zero-order valence-corrected chi connectivity index (χ0v) is 16.8. The predicted molar refractivity (Wildman–Crippen MR) is 106 cm³/mol. The second kappa shape index (κ2) is 7.46. The Morgan fingerprint density at radius 2 is 1.54 bits per heavy atom. The van der Waals surface area contributed by atoms with E-state index in [-0.39, 0.29) is 17.5 Å². The smallest absolute Gasteiger partial charge is 0.161 e. The van der Waals surface area contributed by atoms with E-state index < -0.39 is 0 Å². The molecule has 0 aromatic heterocycles. The van der Waals surface area contributed by atoms with Crippen molar-refractivity contribution in [2.45, 2.75) is 51.4 Å². The number of ketones is 2. The zero-order valence-electron chi connectivity index (χ0n) is 16.8. The first-order valence-corrected chi connectivity index (χ1v) is 10.1. The number of ether oxygens (including phenoxy) is 2. The van der Waals surface area contributed by atoms with Gasteiger partial charge in [-0.25, -0.2) is 0 Å². The summed E-state index contributed by atoms with van der Waals surface area (Å²) in [6.45, 7) is 2.88. The van der Waals surface area contributed by atoms with Crippen molar-refractivity contribution >= 4 is 11.6 Å². The Kier molecular flexibility index (Phi) is 5.00. The minimum atomic E-state index is -0.339. The van der Waals surface area contributed by atoms with Crippen LogP contribution in [-0.2, 0) is 9.59 Å². The molecule has 0 saturated carbocycles. The average Bonchev–Trinajstić information content (AvgIpc) is 2.72. The van der Waals surface area contributed by atoms with Crippen molar-refractivity contribution in [3.63, 3.8) is 0 Å². The van der Waals surface area contributed by atoms with Gasteiger partial charge < -0.3 is 14.4 Å². The summed E-state index contributed by atoms with van der Waals surface area (Å²) in [5, 5.41) is 0. The molecular formula is C23H27NO4. The summed E-state index contributed by atoms with van der Waals surface area (Å²) in [6, 6.07) is 5.66. The van der Waals surface area contributed by atoms with Gasteiger partial charge in [-0.15, -0.1) is 0 Å². The highest BCUT2D eigenvalue weighted by molar-refractivity contribution is 6.06. The van der Waals surface area contributed by atoms with Crippen molar-refractivity contribution in [1.29, 1.82) is 0 Å². The molecule has 1 heterocycles. The van der Waals surface area contributed by atoms with E-state index in [0.717, 1.165) is 60.3 Å². The van der Waals surface area contributed by atoms with Crippen molar-refractivity contribution in [3.8, 4) is 11.5 Å². The number of rotatable bonds is 4. The highest BCUT2D eigenvalue weighted by Crippen LogP contribution is 2.51. The summed E-state index contributed by atoms with van der Waals surface area (Å²) in [5.41, 5.74) is 4.69. The topological polar surface area (TPSA) is 55.8 Å². The molecule has 1 aromatic rings. The molecule has 0 spiro atoms. The molecule has 1 aliphatic heterocycles. The van der Waals surface area contributed by atoms with Crippen molar-refractivity contribution in [2.75, 3.05) is 20.8 Å². The van der Waals surface area contributed by atoms with Gasteiger partial charge in [-0.2, -0.15) is 0 Å². The number of carbonyl (C=O) groups excluding carboxylic acids is 2. The van der Waals surface area contributed by atoms with Crippen LogP contribution in [0.15, 0.2) is 40.7 Å². The second-order valence-corrected chi connectivity index (χ2v) is 7.56. The van der Waals surface area contributed by atoms with Crippen LogP contribution in [0.5, 0.6) is 11.5 Å². The van der Waals surface area contributed by atoms with Crippen LogP contribution in [0.1, 0.15) is 56.9 Å². The largest absolute Gasteiger partial charge is 0.497 e. The minimum absolute atomic E-state index is 0.160. The maximum atomic E-state index is 13.1. The van der Waals surface area contributed by atoms with E-state index in [9.17, 15) is 9.59 Å². The van der Waals surface area contributed by atoms with Crippen molar-refractivity contribution in [1.82, 2.24) is 4.90 Å². The van der Waals surface area contributed by atoms with E-state index >= 15 is 0 Å². The first kappa shape index (κ1) is 18.8. The van der Waals surface area contributed by atoms with E-state index in [1.165, 1.54) is 0 Å². The van der Waals surface area contributed by atoms with Gasteiger partial charge in [0.05, 0.1) is 14.2 Å². The summed E-state index contributed by atoms with van der Waals surface area (Å²) >= 11 is 0. The molecule has 148 valence electrons. The van der Waals surface area contributed by atoms with Gasteiger partial charge in [0.25, 0.3) is 0 Å². The van der Waals surface area contributed by atoms with Gasteiger partial charge in [-0.1, -0.05) is 6.07 Å². The Morgan fingerprint density at radius 3 is 2.04 bits per heavy atom. The SMILES string of the molecule is CCN1C2=C(C(=O)CCC2)C(c2ccc(OC)cc2OC)C2=C1CCCC2=O. The lowest BCUT2D eigenvalue weighted by Crippen LogP contribution is -2.39. The molecule has 4 rings (SSSR count). The van der Waals surface area contributed by atoms with Crippen LogP contribution >= 0.6 is 0 Å². The van der Waals surface area contributed by atoms with Gasteiger partial charge in [0, 0.05) is 59.5 Å². The van der Waals surface area contributed by atoms with Gasteiger partial charge in [0.15, 0.2) is 11.6 Å². The zero-order chi connectivity index (χ0) is 19.8. The number of benzene rings is 1. The number of methoxy groups -OCH3 is 2. The van der Waals surface area contributed by atoms with Gasteiger partial charge in [0.1, 0.15) is 11.5 Å². The number of nitrogens with zero attached hydrogens (tertiary/aromatic N) is 1. The van der Waals surface area contributed by atoms with Crippen LogP contribution in [0.4, 0.5) is 0 Å². The van der Waals surface area contributed by atoms with Crippen LogP contribution in [0.25, 0.3) is 0 Å². The van der Waals surface area contributed by atoms with Crippen molar-refractivity contribution < 1.29 is 19.1 Å². The van der Waals surface area contributed by atoms with E-state index in [2.05, 4.69) is 11.8 Å². The van der Waals surface area contributed by atoms with Crippen LogP contribution in [0.2, 0.25) is 0 Å². The molecule has 5 nitrogen and oxygen atoms in total. The molecule has 3 aliphatic rings. The van der Waals surface area contributed by atoms with Crippen molar-refractivity contribution in [3.05, 3.63) is 46.3 Å². The number of hydrogen-bond acceptors (Lipinski definition) is 5. The maximum absolute atomic E-state index is 13.1. The minimum Gasteiger partial charge on any atom is -0.497 e. The molecule has 0 N–H and O–H groups in total. The lowest BCUT2D eigenvalue weighted by molar-refractivity contribution is -0.117. The molecular weight excluding hydrogens is 354 g/mol. The number of allylic oxidation sites excluding steroid dienone is 4. The molecule has 0 fully saturated rings. The second-order valence-electron chi connectivity index (χ2n) is 7.56. The molecule has 0 radical (unpaired) electrons. The summed E-state index contributed by atoms with van der Waals surface area (Å²) in [6.07, 6.45) is 4.60. The number of Topliss-reactive ketones (excluding diaryl/α,β-unsaturated/α-hetero) is 2. The van der Waals surface area contributed by atoms with Gasteiger partial charge >= 0.3 is 0 Å². The predicted octanol–water partition coefficient (Wildman–Crippen LogP) is 4.14. The Bertz CT molecular complexity index is 852. The third-order valence-corrected chi connectivity index (χ3v) is 6.15. The van der Waals surface area contributed by atoms with Crippen molar-refractivity contribution in [2.24, 2.45) is 0 Å². The normalized spacial score (nSPS) is 20.3. The summed E-state index contributed by atoms with van der Waals surface area (Å²) in [4.78, 5) is 28.4.